The predicted molar refractivity (Wildman–Crippen MR) is 93.6 cm³/mol. The second kappa shape index (κ2) is 4.81. The number of rotatable bonds is 1. The Morgan fingerprint density at radius 3 is 2.68 bits per heavy atom. The number of aromatic nitrogens is 3. The Hall–Kier alpha value is -2.40. The van der Waals surface area contributed by atoms with Gasteiger partial charge in [-0.2, -0.15) is 0 Å². The molecule has 0 atom stereocenters. The Bertz CT molecular complexity index is 1020. The lowest BCUT2D eigenvalue weighted by Gasteiger charge is -2.09. The van der Waals surface area contributed by atoms with Gasteiger partial charge in [0.05, 0.1) is 16.6 Å². The molecule has 0 radical (unpaired) electrons. The summed E-state index contributed by atoms with van der Waals surface area (Å²) in [5.41, 5.74) is 11.1. The molecular weight excluding hydrogens is 340 g/mol. The van der Waals surface area contributed by atoms with Crippen LogP contribution in [0.25, 0.3) is 33.1 Å². The van der Waals surface area contributed by atoms with Gasteiger partial charge < -0.3 is 10.3 Å². The van der Waals surface area contributed by atoms with Crippen molar-refractivity contribution in [3.63, 3.8) is 0 Å². The summed E-state index contributed by atoms with van der Waals surface area (Å²) < 4.78 is 3.14. The van der Waals surface area contributed by atoms with E-state index < -0.39 is 0 Å². The van der Waals surface area contributed by atoms with Crippen LogP contribution in [0.4, 0.5) is 5.82 Å². The molecule has 0 aliphatic carbocycles. The van der Waals surface area contributed by atoms with Gasteiger partial charge in [0, 0.05) is 16.9 Å². The van der Waals surface area contributed by atoms with E-state index in [4.69, 9.17) is 5.73 Å². The van der Waals surface area contributed by atoms with Crippen molar-refractivity contribution in [2.24, 2.45) is 7.05 Å². The van der Waals surface area contributed by atoms with Crippen LogP contribution in [0, 0.1) is 0 Å². The number of benzene rings is 2. The molecule has 0 aliphatic rings. The van der Waals surface area contributed by atoms with Crippen molar-refractivity contribution in [1.82, 2.24) is 14.8 Å². The van der Waals surface area contributed by atoms with E-state index in [1.807, 2.05) is 43.4 Å². The molecule has 0 amide bonds. The fourth-order valence-corrected chi connectivity index (χ4v) is 3.36. The molecule has 0 saturated heterocycles. The van der Waals surface area contributed by atoms with Crippen LogP contribution in [0.3, 0.4) is 0 Å². The van der Waals surface area contributed by atoms with Crippen molar-refractivity contribution < 1.29 is 0 Å². The summed E-state index contributed by atoms with van der Waals surface area (Å²) in [6.45, 7) is 0. The molecule has 108 valence electrons. The number of hydrogen-bond donors (Lipinski definition) is 1. The number of anilines is 1. The lowest BCUT2D eigenvalue weighted by Crippen LogP contribution is -2.00. The van der Waals surface area contributed by atoms with Gasteiger partial charge in [-0.05, 0) is 23.8 Å². The smallest absolute Gasteiger partial charge is 0.156 e. The molecule has 2 aromatic heterocycles. The highest BCUT2D eigenvalue weighted by Gasteiger charge is 2.17. The first-order chi connectivity index (χ1) is 10.7. The molecule has 0 unspecified atom stereocenters. The van der Waals surface area contributed by atoms with Crippen molar-refractivity contribution in [3.8, 4) is 11.1 Å². The van der Waals surface area contributed by atoms with Crippen LogP contribution in [0.2, 0.25) is 0 Å². The summed E-state index contributed by atoms with van der Waals surface area (Å²) >= 11 is 3.52. The average Bonchev–Trinajstić information content (AvgIpc) is 2.81. The van der Waals surface area contributed by atoms with Crippen LogP contribution in [-0.4, -0.2) is 14.8 Å². The Labute approximate surface area is 135 Å². The molecule has 2 aromatic carbocycles. The minimum Gasteiger partial charge on any atom is -0.382 e. The van der Waals surface area contributed by atoms with Crippen molar-refractivity contribution in [2.75, 3.05) is 5.73 Å². The average molecular weight is 353 g/mol. The fraction of sp³-hybridized carbons (Fsp3) is 0.0588. The van der Waals surface area contributed by atoms with E-state index in [9.17, 15) is 0 Å². The van der Waals surface area contributed by atoms with Gasteiger partial charge in [-0.25, -0.2) is 0 Å². The first kappa shape index (κ1) is 13.3. The molecule has 0 spiro atoms. The molecular formula is C17H13BrN4. The van der Waals surface area contributed by atoms with Gasteiger partial charge in [-0.15, -0.1) is 10.2 Å². The number of hydrogen-bond acceptors (Lipinski definition) is 3. The van der Waals surface area contributed by atoms with Crippen molar-refractivity contribution >= 4 is 43.7 Å². The van der Waals surface area contributed by atoms with E-state index in [1.165, 1.54) is 0 Å². The largest absolute Gasteiger partial charge is 0.382 e. The zero-order valence-corrected chi connectivity index (χ0v) is 13.5. The number of para-hydroxylation sites is 1. The van der Waals surface area contributed by atoms with Crippen molar-refractivity contribution in [1.29, 1.82) is 0 Å². The maximum absolute atomic E-state index is 6.16. The highest BCUT2D eigenvalue weighted by Crippen LogP contribution is 2.36. The minimum absolute atomic E-state index is 0.441. The van der Waals surface area contributed by atoms with Gasteiger partial charge in [0.1, 0.15) is 5.52 Å². The van der Waals surface area contributed by atoms with Crippen LogP contribution >= 0.6 is 15.9 Å². The summed E-state index contributed by atoms with van der Waals surface area (Å²) in [6.07, 6.45) is 0. The third-order valence-corrected chi connectivity index (χ3v) is 4.44. The predicted octanol–water partition coefficient (Wildman–Crippen LogP) is 4.13. The summed E-state index contributed by atoms with van der Waals surface area (Å²) in [5.74, 6) is 0.441. The van der Waals surface area contributed by atoms with Gasteiger partial charge in [-0.1, -0.05) is 46.3 Å². The van der Waals surface area contributed by atoms with Gasteiger partial charge in [0.25, 0.3) is 0 Å². The number of nitrogens with two attached hydrogens (primary N) is 1. The van der Waals surface area contributed by atoms with Gasteiger partial charge in [0.2, 0.25) is 0 Å². The molecule has 4 aromatic rings. The molecule has 5 heteroatoms. The van der Waals surface area contributed by atoms with Gasteiger partial charge in [0.15, 0.2) is 5.82 Å². The van der Waals surface area contributed by atoms with Gasteiger partial charge in [-0.3, -0.25) is 0 Å². The number of nitrogens with zero attached hydrogens (tertiary/aromatic N) is 3. The maximum atomic E-state index is 6.16. The van der Waals surface area contributed by atoms with E-state index in [1.54, 1.807) is 0 Å². The summed E-state index contributed by atoms with van der Waals surface area (Å²) in [4.78, 5) is 0. The third kappa shape index (κ3) is 1.82. The molecule has 0 fully saturated rings. The SMILES string of the molecule is Cn1c2ccccc2c2nnc(N)c(-c3cccc(Br)c3)c21. The third-order valence-electron chi connectivity index (χ3n) is 3.94. The Morgan fingerprint density at radius 2 is 1.86 bits per heavy atom. The van der Waals surface area contributed by atoms with Crippen LogP contribution in [0.5, 0.6) is 0 Å². The number of aryl methyl sites for hydroxylation is 1. The van der Waals surface area contributed by atoms with Crippen LogP contribution < -0.4 is 5.73 Å². The van der Waals surface area contributed by atoms with E-state index in [2.05, 4.69) is 42.8 Å². The second-order valence-electron chi connectivity index (χ2n) is 5.24. The van der Waals surface area contributed by atoms with Crippen LogP contribution in [0.1, 0.15) is 0 Å². The van der Waals surface area contributed by atoms with E-state index in [-0.39, 0.29) is 0 Å². The molecule has 4 rings (SSSR count). The van der Waals surface area contributed by atoms with Crippen LogP contribution in [0.15, 0.2) is 53.0 Å². The number of halogens is 1. The lowest BCUT2D eigenvalue weighted by molar-refractivity contribution is 1.00. The molecule has 22 heavy (non-hydrogen) atoms. The highest BCUT2D eigenvalue weighted by atomic mass is 79.9. The molecule has 2 heterocycles. The van der Waals surface area contributed by atoms with E-state index in [0.717, 1.165) is 37.5 Å². The molecule has 4 nitrogen and oxygen atoms in total. The van der Waals surface area contributed by atoms with Crippen molar-refractivity contribution in [3.05, 3.63) is 53.0 Å². The fourth-order valence-electron chi connectivity index (χ4n) is 2.96. The number of nitrogen functional groups attached to an aromatic ring is 1. The normalized spacial score (nSPS) is 11.4. The maximum Gasteiger partial charge on any atom is 0.156 e. The molecule has 2 N–H and O–H groups in total. The number of fused-ring (bicyclic) bond motifs is 3. The highest BCUT2D eigenvalue weighted by molar-refractivity contribution is 9.10. The van der Waals surface area contributed by atoms with Crippen molar-refractivity contribution in [2.45, 2.75) is 0 Å². The van der Waals surface area contributed by atoms with Crippen LogP contribution in [-0.2, 0) is 7.05 Å². The zero-order chi connectivity index (χ0) is 15.3. The van der Waals surface area contributed by atoms with E-state index in [0.29, 0.717) is 5.82 Å². The zero-order valence-electron chi connectivity index (χ0n) is 11.9. The summed E-state index contributed by atoms with van der Waals surface area (Å²) in [6, 6.07) is 16.3. The quantitative estimate of drug-likeness (QED) is 0.560. The van der Waals surface area contributed by atoms with Gasteiger partial charge >= 0.3 is 0 Å². The monoisotopic (exact) mass is 352 g/mol. The second-order valence-corrected chi connectivity index (χ2v) is 6.16. The lowest BCUT2D eigenvalue weighted by atomic mass is 10.1. The topological polar surface area (TPSA) is 56.7 Å². The molecule has 0 bridgehead atoms. The Balaban J connectivity index is 2.21. The van der Waals surface area contributed by atoms with E-state index >= 15 is 0 Å². The molecule has 0 aliphatic heterocycles. The first-order valence-electron chi connectivity index (χ1n) is 6.92. The standard InChI is InChI=1S/C17H13BrN4/c1-22-13-8-3-2-7-12(13)15-16(22)14(17(19)21-20-15)10-5-4-6-11(18)9-10/h2-9H,1H3,(H2,19,21). The Morgan fingerprint density at radius 1 is 1.05 bits per heavy atom. The Kier molecular flexibility index (Phi) is 2.90. The first-order valence-corrected chi connectivity index (χ1v) is 7.71. The minimum atomic E-state index is 0.441. The summed E-state index contributed by atoms with van der Waals surface area (Å²) in [7, 11) is 2.03. The molecule has 0 saturated carbocycles. The summed E-state index contributed by atoms with van der Waals surface area (Å²) in [5, 5.41) is 9.59.